The number of carbonyl (C=O) groups excluding carboxylic acids is 1. The topological polar surface area (TPSA) is 75.3 Å². The molecule has 146 valence electrons. The van der Waals surface area contributed by atoms with Crippen LogP contribution in [0.2, 0.25) is 0 Å². The number of hydrogen-bond acceptors (Lipinski definition) is 6. The van der Waals surface area contributed by atoms with Gasteiger partial charge in [-0.2, -0.15) is 0 Å². The minimum atomic E-state index is -0.159. The molecule has 1 aliphatic rings. The summed E-state index contributed by atoms with van der Waals surface area (Å²) in [4.78, 5) is 19.9. The van der Waals surface area contributed by atoms with Crippen LogP contribution in [-0.2, 0) is 11.3 Å². The normalized spacial score (nSPS) is 16.7. The zero-order valence-corrected chi connectivity index (χ0v) is 16.4. The summed E-state index contributed by atoms with van der Waals surface area (Å²) in [6, 6.07) is 18.0. The number of aromatic hydroxyl groups is 1. The third-order valence-corrected chi connectivity index (χ3v) is 5.27. The van der Waals surface area contributed by atoms with Crippen molar-refractivity contribution in [3.05, 3.63) is 83.2 Å². The van der Waals surface area contributed by atoms with Crippen LogP contribution in [0.1, 0.15) is 11.3 Å². The van der Waals surface area contributed by atoms with E-state index in [1.54, 1.807) is 35.4 Å². The Morgan fingerprint density at radius 1 is 1.17 bits per heavy atom. The second kappa shape index (κ2) is 8.28. The van der Waals surface area contributed by atoms with Crippen LogP contribution in [0.3, 0.4) is 0 Å². The van der Waals surface area contributed by atoms with Crippen LogP contribution in [0.5, 0.6) is 11.5 Å². The minimum Gasteiger partial charge on any atom is -0.504 e. The van der Waals surface area contributed by atoms with Gasteiger partial charge in [-0.3, -0.25) is 9.69 Å². The van der Waals surface area contributed by atoms with E-state index in [0.29, 0.717) is 28.1 Å². The van der Waals surface area contributed by atoms with Gasteiger partial charge in [0.2, 0.25) is 0 Å². The predicted octanol–water partition coefficient (Wildman–Crippen LogP) is 4.80. The maximum absolute atomic E-state index is 13.1. The van der Waals surface area contributed by atoms with Crippen LogP contribution < -0.4 is 4.74 Å². The average molecular weight is 406 g/mol. The first-order chi connectivity index (χ1) is 14.1. The van der Waals surface area contributed by atoms with Crippen LogP contribution in [0.15, 0.2) is 81.2 Å². The van der Waals surface area contributed by atoms with E-state index in [2.05, 4.69) is 4.99 Å². The van der Waals surface area contributed by atoms with E-state index in [4.69, 9.17) is 9.15 Å². The molecule has 1 fully saturated rings. The number of amidine groups is 1. The van der Waals surface area contributed by atoms with E-state index >= 15 is 0 Å². The number of hydrogen-bond donors (Lipinski definition) is 1. The maximum atomic E-state index is 13.1. The molecule has 6 nitrogen and oxygen atoms in total. The number of para-hydroxylation sites is 1. The standard InChI is InChI=1S/C22H18N2O4S/c1-27-19-12-15(9-10-18(19)25)13-20-21(26)24(14-17-8-5-11-28-17)22(29-20)23-16-6-3-2-4-7-16/h2-13,25H,14H2,1H3. The lowest BCUT2D eigenvalue weighted by atomic mass is 10.2. The molecule has 0 unspecified atom stereocenters. The molecule has 29 heavy (non-hydrogen) atoms. The van der Waals surface area contributed by atoms with Gasteiger partial charge >= 0.3 is 0 Å². The number of phenols is 1. The highest BCUT2D eigenvalue weighted by Gasteiger charge is 2.34. The molecule has 7 heteroatoms. The molecule has 1 amide bonds. The molecule has 0 atom stereocenters. The average Bonchev–Trinajstić information content (AvgIpc) is 3.35. The van der Waals surface area contributed by atoms with E-state index in [9.17, 15) is 9.90 Å². The van der Waals surface area contributed by atoms with Gasteiger partial charge in [0, 0.05) is 0 Å². The Labute approximate surface area is 172 Å². The van der Waals surface area contributed by atoms with Gasteiger partial charge in [-0.15, -0.1) is 0 Å². The number of methoxy groups -OCH3 is 1. The largest absolute Gasteiger partial charge is 0.504 e. The monoisotopic (exact) mass is 406 g/mol. The van der Waals surface area contributed by atoms with Gasteiger partial charge in [0.1, 0.15) is 5.76 Å². The molecule has 1 aromatic heterocycles. The van der Waals surface area contributed by atoms with Gasteiger partial charge in [-0.05, 0) is 59.8 Å². The van der Waals surface area contributed by atoms with Crippen LogP contribution in [-0.4, -0.2) is 28.2 Å². The van der Waals surface area contributed by atoms with E-state index < -0.39 is 0 Å². The molecule has 1 N–H and O–H groups in total. The molecular formula is C22H18N2O4S. The highest BCUT2D eigenvalue weighted by molar-refractivity contribution is 8.18. The van der Waals surface area contributed by atoms with Crippen molar-refractivity contribution in [1.82, 2.24) is 4.90 Å². The van der Waals surface area contributed by atoms with Crippen molar-refractivity contribution in [1.29, 1.82) is 0 Å². The van der Waals surface area contributed by atoms with Gasteiger partial charge in [-0.25, -0.2) is 4.99 Å². The van der Waals surface area contributed by atoms with E-state index in [1.165, 1.54) is 24.9 Å². The Morgan fingerprint density at radius 3 is 2.72 bits per heavy atom. The number of furan rings is 1. The van der Waals surface area contributed by atoms with Crippen molar-refractivity contribution in [2.45, 2.75) is 6.54 Å². The summed E-state index contributed by atoms with van der Waals surface area (Å²) in [7, 11) is 1.48. The summed E-state index contributed by atoms with van der Waals surface area (Å²) >= 11 is 1.30. The fraction of sp³-hybridized carbons (Fsp3) is 0.0909. The fourth-order valence-electron chi connectivity index (χ4n) is 2.84. The molecule has 0 radical (unpaired) electrons. The number of carbonyl (C=O) groups is 1. The summed E-state index contributed by atoms with van der Waals surface area (Å²) in [6.07, 6.45) is 3.34. The van der Waals surface area contributed by atoms with Crippen LogP contribution >= 0.6 is 11.8 Å². The molecule has 2 heterocycles. The number of nitrogens with zero attached hydrogens (tertiary/aromatic N) is 2. The zero-order chi connectivity index (χ0) is 20.2. The summed E-state index contributed by atoms with van der Waals surface area (Å²) in [5.41, 5.74) is 1.51. The van der Waals surface area contributed by atoms with E-state index in [-0.39, 0.29) is 11.7 Å². The molecule has 1 saturated heterocycles. The molecule has 0 bridgehead atoms. The molecule has 3 aromatic rings. The van der Waals surface area contributed by atoms with Gasteiger partial charge < -0.3 is 14.3 Å². The SMILES string of the molecule is COc1cc(C=C2SC(=Nc3ccccc3)N(Cc3ccco3)C2=O)ccc1O. The molecule has 4 rings (SSSR count). The highest BCUT2D eigenvalue weighted by Crippen LogP contribution is 2.36. The van der Waals surface area contributed by atoms with Gasteiger partial charge in [0.25, 0.3) is 5.91 Å². The third-order valence-electron chi connectivity index (χ3n) is 4.26. The Balaban J connectivity index is 1.69. The van der Waals surface area contributed by atoms with Crippen LogP contribution in [0.25, 0.3) is 6.08 Å². The van der Waals surface area contributed by atoms with Gasteiger partial charge in [-0.1, -0.05) is 24.3 Å². The Morgan fingerprint density at radius 2 is 2.00 bits per heavy atom. The van der Waals surface area contributed by atoms with Crippen LogP contribution in [0, 0.1) is 0 Å². The number of thioether (sulfide) groups is 1. The summed E-state index contributed by atoms with van der Waals surface area (Å²) < 4.78 is 10.6. The molecule has 2 aromatic carbocycles. The lowest BCUT2D eigenvalue weighted by Crippen LogP contribution is -2.28. The second-order valence-corrected chi connectivity index (χ2v) is 7.25. The van der Waals surface area contributed by atoms with Crippen molar-refractivity contribution in [3.8, 4) is 11.5 Å². The highest BCUT2D eigenvalue weighted by atomic mass is 32.2. The lowest BCUT2D eigenvalue weighted by Gasteiger charge is -2.13. The molecule has 0 aliphatic carbocycles. The molecule has 0 saturated carbocycles. The smallest absolute Gasteiger partial charge is 0.267 e. The second-order valence-electron chi connectivity index (χ2n) is 6.24. The number of phenolic OH excluding ortho intramolecular Hbond substituents is 1. The molecule has 0 spiro atoms. The van der Waals surface area contributed by atoms with Gasteiger partial charge in [0.15, 0.2) is 16.7 Å². The first kappa shape index (κ1) is 18.9. The van der Waals surface area contributed by atoms with Crippen molar-refractivity contribution in [2.75, 3.05) is 7.11 Å². The molecule has 1 aliphatic heterocycles. The quantitative estimate of drug-likeness (QED) is 0.616. The van der Waals surface area contributed by atoms with Crippen LogP contribution in [0.4, 0.5) is 5.69 Å². The van der Waals surface area contributed by atoms with Crippen molar-refractivity contribution in [3.63, 3.8) is 0 Å². The number of benzene rings is 2. The minimum absolute atomic E-state index is 0.0471. The maximum Gasteiger partial charge on any atom is 0.267 e. The molecular weight excluding hydrogens is 388 g/mol. The predicted molar refractivity (Wildman–Crippen MR) is 113 cm³/mol. The first-order valence-corrected chi connectivity index (χ1v) is 9.70. The summed E-state index contributed by atoms with van der Waals surface area (Å²) in [6.45, 7) is 0.292. The first-order valence-electron chi connectivity index (χ1n) is 8.88. The van der Waals surface area contributed by atoms with Gasteiger partial charge in [0.05, 0.1) is 30.5 Å². The number of rotatable bonds is 5. The van der Waals surface area contributed by atoms with Crippen molar-refractivity contribution < 1.29 is 19.1 Å². The Bertz CT molecular complexity index is 1080. The number of amides is 1. The Hall–Kier alpha value is -3.45. The number of ether oxygens (including phenoxy) is 1. The lowest BCUT2D eigenvalue weighted by molar-refractivity contribution is -0.122. The summed E-state index contributed by atoms with van der Waals surface area (Å²) in [5.74, 6) is 0.909. The van der Waals surface area contributed by atoms with Crippen molar-refractivity contribution in [2.24, 2.45) is 4.99 Å². The van der Waals surface area contributed by atoms with E-state index in [1.807, 2.05) is 36.4 Å². The fourth-order valence-corrected chi connectivity index (χ4v) is 3.84. The Kier molecular flexibility index (Phi) is 5.39. The van der Waals surface area contributed by atoms with Crippen molar-refractivity contribution >= 4 is 34.6 Å². The number of aliphatic imine (C=N–C) groups is 1. The third kappa shape index (κ3) is 4.20. The summed E-state index contributed by atoms with van der Waals surface area (Å²) in [5, 5.41) is 10.4. The zero-order valence-electron chi connectivity index (χ0n) is 15.6. The van der Waals surface area contributed by atoms with E-state index in [0.717, 1.165) is 11.3 Å².